The van der Waals surface area contributed by atoms with Gasteiger partial charge in [-0.15, -0.1) is 23.7 Å². The van der Waals surface area contributed by atoms with Gasteiger partial charge in [-0.25, -0.2) is 4.98 Å². The largest absolute Gasteiger partial charge is 0.363 e. The van der Waals surface area contributed by atoms with E-state index >= 15 is 0 Å². The molecular formula is C14H24ClN5S. The Labute approximate surface area is 136 Å². The predicted molar refractivity (Wildman–Crippen MR) is 91.5 cm³/mol. The van der Waals surface area contributed by atoms with E-state index in [-0.39, 0.29) is 12.4 Å². The van der Waals surface area contributed by atoms with E-state index in [1.54, 1.807) is 11.3 Å². The molecular weight excluding hydrogens is 306 g/mol. The van der Waals surface area contributed by atoms with Crippen molar-refractivity contribution in [3.8, 4) is 0 Å². The summed E-state index contributed by atoms with van der Waals surface area (Å²) in [6, 6.07) is 0. The zero-order chi connectivity index (χ0) is 14.7. The summed E-state index contributed by atoms with van der Waals surface area (Å²) in [4.78, 5) is 6.42. The van der Waals surface area contributed by atoms with Crippen LogP contribution in [0.15, 0.2) is 10.9 Å². The standard InChI is InChI=1S/C14H23N5S.ClH/c1-10(2)13-12(14(18(3)4)19(5)17-13)7-15-6-11-8-20-9-16-11;/h8-10,15H,6-7H2,1-5H3;1H. The molecule has 0 radical (unpaired) electrons. The molecule has 5 nitrogen and oxygen atoms in total. The number of thiazole rings is 1. The van der Waals surface area contributed by atoms with Crippen molar-refractivity contribution < 1.29 is 0 Å². The second-order valence-corrected chi connectivity index (χ2v) is 6.16. The average Bonchev–Trinajstić information content (AvgIpc) is 2.97. The molecule has 0 aromatic carbocycles. The van der Waals surface area contributed by atoms with Crippen LogP contribution in [0.5, 0.6) is 0 Å². The molecule has 2 rings (SSSR count). The molecule has 2 aromatic rings. The Morgan fingerprint density at radius 1 is 1.33 bits per heavy atom. The summed E-state index contributed by atoms with van der Waals surface area (Å²) in [5, 5.41) is 10.2. The van der Waals surface area contributed by atoms with Crippen molar-refractivity contribution in [2.45, 2.75) is 32.9 Å². The number of halogens is 1. The second kappa shape index (κ2) is 7.77. The Hall–Kier alpha value is -1.11. The molecule has 1 N–H and O–H groups in total. The van der Waals surface area contributed by atoms with E-state index in [9.17, 15) is 0 Å². The molecule has 2 aromatic heterocycles. The van der Waals surface area contributed by atoms with Crippen molar-refractivity contribution in [3.05, 3.63) is 27.8 Å². The van der Waals surface area contributed by atoms with Crippen molar-refractivity contribution in [2.24, 2.45) is 7.05 Å². The van der Waals surface area contributed by atoms with Crippen molar-refractivity contribution in [1.29, 1.82) is 0 Å². The number of aryl methyl sites for hydroxylation is 1. The molecule has 0 bridgehead atoms. The Morgan fingerprint density at radius 2 is 2.05 bits per heavy atom. The summed E-state index contributed by atoms with van der Waals surface area (Å²) in [5.74, 6) is 1.59. The van der Waals surface area contributed by atoms with Crippen LogP contribution in [0.4, 0.5) is 5.82 Å². The van der Waals surface area contributed by atoms with E-state index in [4.69, 9.17) is 0 Å². The van der Waals surface area contributed by atoms with Crippen LogP contribution in [0.1, 0.15) is 36.7 Å². The van der Waals surface area contributed by atoms with Crippen LogP contribution in [-0.2, 0) is 20.1 Å². The summed E-state index contributed by atoms with van der Waals surface area (Å²) >= 11 is 1.63. The molecule has 0 aliphatic carbocycles. The number of aromatic nitrogens is 3. The third-order valence-electron chi connectivity index (χ3n) is 3.21. The SMILES string of the molecule is CC(C)c1nn(C)c(N(C)C)c1CNCc1cscn1.Cl. The van der Waals surface area contributed by atoms with Gasteiger partial charge in [0.1, 0.15) is 5.82 Å². The first kappa shape index (κ1) is 17.9. The fourth-order valence-electron chi connectivity index (χ4n) is 2.41. The van der Waals surface area contributed by atoms with Crippen LogP contribution in [0.2, 0.25) is 0 Å². The zero-order valence-electron chi connectivity index (χ0n) is 13.3. The van der Waals surface area contributed by atoms with E-state index in [0.29, 0.717) is 5.92 Å². The van der Waals surface area contributed by atoms with Crippen LogP contribution in [0.25, 0.3) is 0 Å². The molecule has 0 fully saturated rings. The molecule has 0 aliphatic rings. The Balaban J connectivity index is 0.00000220. The highest BCUT2D eigenvalue weighted by Gasteiger charge is 2.19. The molecule has 7 heteroatoms. The highest BCUT2D eigenvalue weighted by atomic mass is 35.5. The Morgan fingerprint density at radius 3 is 2.57 bits per heavy atom. The number of nitrogens with zero attached hydrogens (tertiary/aromatic N) is 4. The van der Waals surface area contributed by atoms with Gasteiger partial charge in [0.2, 0.25) is 0 Å². The topological polar surface area (TPSA) is 46.0 Å². The van der Waals surface area contributed by atoms with Gasteiger partial charge < -0.3 is 10.2 Å². The van der Waals surface area contributed by atoms with Gasteiger partial charge >= 0.3 is 0 Å². The van der Waals surface area contributed by atoms with E-state index in [1.807, 2.05) is 17.2 Å². The van der Waals surface area contributed by atoms with Gasteiger partial charge in [-0.2, -0.15) is 5.10 Å². The van der Waals surface area contributed by atoms with E-state index in [1.165, 1.54) is 17.1 Å². The molecule has 0 atom stereocenters. The van der Waals surface area contributed by atoms with Gasteiger partial charge in [0.25, 0.3) is 0 Å². The lowest BCUT2D eigenvalue weighted by atomic mass is 10.1. The van der Waals surface area contributed by atoms with Crippen LogP contribution in [-0.4, -0.2) is 28.9 Å². The summed E-state index contributed by atoms with van der Waals surface area (Å²) in [5.41, 5.74) is 5.41. The summed E-state index contributed by atoms with van der Waals surface area (Å²) < 4.78 is 1.97. The Bertz CT molecular complexity index is 548. The van der Waals surface area contributed by atoms with Gasteiger partial charge in [-0.1, -0.05) is 13.8 Å². The maximum atomic E-state index is 4.67. The van der Waals surface area contributed by atoms with Crippen LogP contribution < -0.4 is 10.2 Å². The summed E-state index contributed by atoms with van der Waals surface area (Å²) in [6.45, 7) is 5.98. The van der Waals surface area contributed by atoms with E-state index < -0.39 is 0 Å². The molecule has 0 saturated heterocycles. The number of nitrogens with one attached hydrogen (secondary N) is 1. The molecule has 21 heavy (non-hydrogen) atoms. The van der Waals surface area contributed by atoms with Crippen molar-refractivity contribution >= 4 is 29.6 Å². The number of hydrogen-bond acceptors (Lipinski definition) is 5. The summed E-state index contributed by atoms with van der Waals surface area (Å²) in [7, 11) is 6.13. The lowest BCUT2D eigenvalue weighted by Gasteiger charge is -2.16. The molecule has 2 heterocycles. The van der Waals surface area contributed by atoms with Gasteiger partial charge in [-0.3, -0.25) is 4.68 Å². The normalized spacial score (nSPS) is 10.8. The molecule has 0 spiro atoms. The summed E-state index contributed by atoms with van der Waals surface area (Å²) in [6.07, 6.45) is 0. The van der Waals surface area contributed by atoms with Crippen LogP contribution >= 0.6 is 23.7 Å². The highest BCUT2D eigenvalue weighted by Crippen LogP contribution is 2.27. The fourth-order valence-corrected chi connectivity index (χ4v) is 2.97. The average molecular weight is 330 g/mol. The number of rotatable bonds is 6. The minimum Gasteiger partial charge on any atom is -0.363 e. The maximum Gasteiger partial charge on any atom is 0.130 e. The smallest absolute Gasteiger partial charge is 0.130 e. The first-order valence-electron chi connectivity index (χ1n) is 6.81. The predicted octanol–water partition coefficient (Wildman–Crippen LogP) is 2.78. The number of hydrogen-bond donors (Lipinski definition) is 1. The second-order valence-electron chi connectivity index (χ2n) is 5.44. The van der Waals surface area contributed by atoms with Gasteiger partial charge in [0, 0.05) is 45.2 Å². The van der Waals surface area contributed by atoms with Crippen LogP contribution in [0.3, 0.4) is 0 Å². The first-order valence-corrected chi connectivity index (χ1v) is 7.75. The van der Waals surface area contributed by atoms with Gasteiger partial charge in [-0.05, 0) is 5.92 Å². The lowest BCUT2D eigenvalue weighted by Crippen LogP contribution is -2.19. The maximum absolute atomic E-state index is 4.67. The highest BCUT2D eigenvalue weighted by molar-refractivity contribution is 7.07. The molecule has 0 aliphatic heterocycles. The minimum atomic E-state index is 0. The molecule has 0 saturated carbocycles. The van der Waals surface area contributed by atoms with Crippen molar-refractivity contribution in [3.63, 3.8) is 0 Å². The third-order valence-corrected chi connectivity index (χ3v) is 3.84. The van der Waals surface area contributed by atoms with Crippen molar-refractivity contribution in [2.75, 3.05) is 19.0 Å². The minimum absolute atomic E-state index is 0. The Kier molecular flexibility index (Phi) is 6.64. The van der Waals surface area contributed by atoms with Crippen molar-refractivity contribution in [1.82, 2.24) is 20.1 Å². The molecule has 0 unspecified atom stereocenters. The van der Waals surface area contributed by atoms with E-state index in [2.05, 4.69) is 53.6 Å². The van der Waals surface area contributed by atoms with Gasteiger partial charge in [0.05, 0.1) is 16.9 Å². The molecule has 118 valence electrons. The molecule has 0 amide bonds. The third kappa shape index (κ3) is 4.18. The zero-order valence-corrected chi connectivity index (χ0v) is 14.9. The number of anilines is 1. The van der Waals surface area contributed by atoms with Gasteiger partial charge in [0.15, 0.2) is 0 Å². The first-order chi connectivity index (χ1) is 9.50. The fraction of sp³-hybridized carbons (Fsp3) is 0.571. The monoisotopic (exact) mass is 329 g/mol. The van der Waals surface area contributed by atoms with Crippen LogP contribution in [0, 0.1) is 0 Å². The lowest BCUT2D eigenvalue weighted by molar-refractivity contribution is 0.669. The van der Waals surface area contributed by atoms with E-state index in [0.717, 1.165) is 18.8 Å². The quantitative estimate of drug-likeness (QED) is 0.885.